The first-order valence-electron chi connectivity index (χ1n) is 8.13. The molecule has 0 aromatic carbocycles. The predicted octanol–water partition coefficient (Wildman–Crippen LogP) is 1.85. The Hall–Kier alpha value is -1.34. The number of alkyl carbamates (subject to hydrolysis) is 1. The third kappa shape index (κ3) is 14.0. The fourth-order valence-corrected chi connectivity index (χ4v) is 1.91. The third-order valence-corrected chi connectivity index (χ3v) is 2.83. The molecule has 1 atom stereocenters. The van der Waals surface area contributed by atoms with Crippen molar-refractivity contribution >= 4 is 12.1 Å². The summed E-state index contributed by atoms with van der Waals surface area (Å²) >= 11 is 0. The van der Waals surface area contributed by atoms with Gasteiger partial charge in [-0.15, -0.1) is 0 Å². The summed E-state index contributed by atoms with van der Waals surface area (Å²) in [5, 5.41) is 5.99. The molecule has 0 saturated carbocycles. The highest BCUT2D eigenvalue weighted by Crippen LogP contribution is 2.06. The Bertz CT molecular complexity index is 342. The van der Waals surface area contributed by atoms with Gasteiger partial charge in [-0.3, -0.25) is 4.79 Å². The van der Waals surface area contributed by atoms with Crippen molar-refractivity contribution in [3.05, 3.63) is 0 Å². The number of amides is 1. The lowest BCUT2D eigenvalue weighted by atomic mass is 10.1. The van der Waals surface area contributed by atoms with E-state index in [0.717, 1.165) is 12.8 Å². The molecule has 0 fully saturated rings. The summed E-state index contributed by atoms with van der Waals surface area (Å²) < 4.78 is 15.2. The van der Waals surface area contributed by atoms with E-state index in [1.54, 1.807) is 14.0 Å². The number of ether oxygens (including phenoxy) is 3. The van der Waals surface area contributed by atoms with Gasteiger partial charge in [0, 0.05) is 26.2 Å². The molecular formula is C16H32N2O5. The van der Waals surface area contributed by atoms with Crippen LogP contribution in [0.3, 0.4) is 0 Å². The number of hydrogen-bond acceptors (Lipinski definition) is 6. The molecule has 0 aliphatic carbocycles. The van der Waals surface area contributed by atoms with Crippen molar-refractivity contribution in [1.82, 2.24) is 10.6 Å². The van der Waals surface area contributed by atoms with Crippen LogP contribution in [0.15, 0.2) is 0 Å². The van der Waals surface area contributed by atoms with Gasteiger partial charge in [-0.25, -0.2) is 4.79 Å². The summed E-state index contributed by atoms with van der Waals surface area (Å²) in [4.78, 5) is 22.8. The second-order valence-electron chi connectivity index (χ2n) is 6.23. The summed E-state index contributed by atoms with van der Waals surface area (Å²) in [6.45, 7) is 9.31. The molecule has 0 aliphatic heterocycles. The molecule has 1 amide bonds. The van der Waals surface area contributed by atoms with Gasteiger partial charge in [-0.1, -0.05) is 0 Å². The summed E-state index contributed by atoms with van der Waals surface area (Å²) in [5.74, 6) is -0.206. The molecule has 1 unspecified atom stereocenters. The van der Waals surface area contributed by atoms with Crippen molar-refractivity contribution in [3.8, 4) is 0 Å². The minimum absolute atomic E-state index is 0.134. The van der Waals surface area contributed by atoms with Gasteiger partial charge in [0.05, 0.1) is 19.6 Å². The maximum Gasteiger partial charge on any atom is 0.407 e. The fraction of sp³-hybridized carbons (Fsp3) is 0.875. The quantitative estimate of drug-likeness (QED) is 0.444. The van der Waals surface area contributed by atoms with Crippen molar-refractivity contribution in [2.75, 3.05) is 33.4 Å². The first-order chi connectivity index (χ1) is 10.8. The van der Waals surface area contributed by atoms with Crippen LogP contribution in [0, 0.1) is 0 Å². The average Bonchev–Trinajstić information content (AvgIpc) is 2.41. The Balaban J connectivity index is 3.87. The van der Waals surface area contributed by atoms with Gasteiger partial charge in [0.1, 0.15) is 5.60 Å². The van der Waals surface area contributed by atoms with E-state index in [4.69, 9.17) is 14.2 Å². The fourth-order valence-electron chi connectivity index (χ4n) is 1.91. The van der Waals surface area contributed by atoms with Gasteiger partial charge < -0.3 is 24.8 Å². The van der Waals surface area contributed by atoms with Crippen molar-refractivity contribution in [1.29, 1.82) is 0 Å². The highest BCUT2D eigenvalue weighted by molar-refractivity contribution is 5.69. The lowest BCUT2D eigenvalue weighted by Crippen LogP contribution is -2.36. The Morgan fingerprint density at radius 2 is 1.87 bits per heavy atom. The third-order valence-electron chi connectivity index (χ3n) is 2.83. The van der Waals surface area contributed by atoms with Gasteiger partial charge in [0.2, 0.25) is 0 Å². The van der Waals surface area contributed by atoms with E-state index in [-0.39, 0.29) is 12.0 Å². The molecule has 0 heterocycles. The largest absolute Gasteiger partial charge is 0.466 e. The van der Waals surface area contributed by atoms with Crippen LogP contribution in [-0.2, 0) is 19.0 Å². The zero-order chi connectivity index (χ0) is 17.7. The highest BCUT2D eigenvalue weighted by atomic mass is 16.6. The molecule has 7 heteroatoms. The van der Waals surface area contributed by atoms with E-state index in [1.807, 2.05) is 20.8 Å². The molecule has 0 aliphatic rings. The zero-order valence-electron chi connectivity index (χ0n) is 15.1. The van der Waals surface area contributed by atoms with Crippen LogP contribution in [0.2, 0.25) is 0 Å². The number of carbonyl (C=O) groups excluding carboxylic acids is 2. The predicted molar refractivity (Wildman–Crippen MR) is 88.4 cm³/mol. The van der Waals surface area contributed by atoms with Gasteiger partial charge in [-0.05, 0) is 40.5 Å². The van der Waals surface area contributed by atoms with Crippen molar-refractivity contribution in [2.24, 2.45) is 0 Å². The maximum atomic E-state index is 11.5. The van der Waals surface area contributed by atoms with Crippen LogP contribution in [0.1, 0.15) is 47.0 Å². The standard InChI is InChI=1S/C16H32N2O5/c1-6-22-14(19)9-11-17-13(12-21-5)8-7-10-18-15(20)23-16(2,3)4/h13,17H,6-12H2,1-5H3,(H,18,20). The molecular weight excluding hydrogens is 300 g/mol. The first-order valence-corrected chi connectivity index (χ1v) is 8.13. The lowest BCUT2D eigenvalue weighted by molar-refractivity contribution is -0.143. The van der Waals surface area contributed by atoms with E-state index >= 15 is 0 Å². The van der Waals surface area contributed by atoms with E-state index in [9.17, 15) is 9.59 Å². The van der Waals surface area contributed by atoms with Gasteiger partial charge >= 0.3 is 12.1 Å². The summed E-state index contributed by atoms with van der Waals surface area (Å²) in [5.41, 5.74) is -0.489. The smallest absolute Gasteiger partial charge is 0.407 e. The van der Waals surface area contributed by atoms with Crippen LogP contribution in [0.25, 0.3) is 0 Å². The second kappa shape index (κ2) is 12.1. The number of nitrogens with one attached hydrogen (secondary N) is 2. The number of methoxy groups -OCH3 is 1. The number of rotatable bonds is 11. The molecule has 136 valence electrons. The second-order valence-corrected chi connectivity index (χ2v) is 6.23. The van der Waals surface area contributed by atoms with Crippen LogP contribution in [0.5, 0.6) is 0 Å². The normalized spacial score (nSPS) is 12.6. The van der Waals surface area contributed by atoms with Crippen LogP contribution in [-0.4, -0.2) is 57.1 Å². The molecule has 0 radical (unpaired) electrons. The van der Waals surface area contributed by atoms with E-state index in [0.29, 0.717) is 32.7 Å². The molecule has 0 rings (SSSR count). The van der Waals surface area contributed by atoms with Crippen molar-refractivity contribution in [3.63, 3.8) is 0 Å². The summed E-state index contributed by atoms with van der Waals surface area (Å²) in [6.07, 6.45) is 1.55. The van der Waals surface area contributed by atoms with Crippen molar-refractivity contribution < 1.29 is 23.8 Å². The van der Waals surface area contributed by atoms with Crippen LogP contribution in [0.4, 0.5) is 4.79 Å². The maximum absolute atomic E-state index is 11.5. The molecule has 0 aromatic heterocycles. The molecule has 0 bridgehead atoms. The summed E-state index contributed by atoms with van der Waals surface area (Å²) in [7, 11) is 1.64. The minimum Gasteiger partial charge on any atom is -0.466 e. The lowest BCUT2D eigenvalue weighted by Gasteiger charge is -2.20. The monoisotopic (exact) mass is 332 g/mol. The van der Waals surface area contributed by atoms with Crippen LogP contribution < -0.4 is 10.6 Å². The minimum atomic E-state index is -0.489. The molecule has 0 aromatic rings. The average molecular weight is 332 g/mol. The molecule has 2 N–H and O–H groups in total. The molecule has 0 spiro atoms. The first kappa shape index (κ1) is 21.7. The Labute approximate surface area is 139 Å². The zero-order valence-corrected chi connectivity index (χ0v) is 15.1. The van der Waals surface area contributed by atoms with E-state index < -0.39 is 11.7 Å². The van der Waals surface area contributed by atoms with Gasteiger partial charge in [-0.2, -0.15) is 0 Å². The van der Waals surface area contributed by atoms with Gasteiger partial charge in [0.25, 0.3) is 0 Å². The Morgan fingerprint density at radius 1 is 1.17 bits per heavy atom. The number of hydrogen-bond donors (Lipinski definition) is 2. The van der Waals surface area contributed by atoms with Crippen molar-refractivity contribution in [2.45, 2.75) is 58.6 Å². The Kier molecular flexibility index (Phi) is 11.4. The molecule has 23 heavy (non-hydrogen) atoms. The van der Waals surface area contributed by atoms with E-state index in [2.05, 4.69) is 10.6 Å². The van der Waals surface area contributed by atoms with Gasteiger partial charge in [0.15, 0.2) is 0 Å². The number of carbonyl (C=O) groups is 2. The molecule has 7 nitrogen and oxygen atoms in total. The van der Waals surface area contributed by atoms with E-state index in [1.165, 1.54) is 0 Å². The highest BCUT2D eigenvalue weighted by Gasteiger charge is 2.15. The Morgan fingerprint density at radius 3 is 2.43 bits per heavy atom. The molecule has 0 saturated heterocycles. The summed E-state index contributed by atoms with van der Waals surface area (Å²) in [6, 6.07) is 0.134. The number of esters is 1. The SMILES string of the molecule is CCOC(=O)CCNC(CCCNC(=O)OC(C)(C)C)COC. The topological polar surface area (TPSA) is 85.9 Å². The van der Waals surface area contributed by atoms with Crippen LogP contribution >= 0.6 is 0 Å².